The summed E-state index contributed by atoms with van der Waals surface area (Å²) in [6.45, 7) is 10.9. The molecule has 0 amide bonds. The van der Waals surface area contributed by atoms with E-state index in [0.29, 0.717) is 45.1 Å². The number of unbranched alkanes of at least 4 members (excludes halogenated alkanes) is 5. The van der Waals surface area contributed by atoms with Crippen LogP contribution in [-0.4, -0.2) is 43.0 Å². The molecule has 7 heteroatoms. The minimum Gasteiger partial charge on any atom is -0.466 e. The molecule has 0 saturated heterocycles. The molecule has 0 rings (SSSR count). The molecular weight excluding hydrogens is 424 g/mol. The molecule has 0 aromatic heterocycles. The van der Waals surface area contributed by atoms with E-state index in [4.69, 9.17) is 14.2 Å². The van der Waals surface area contributed by atoms with Crippen LogP contribution in [0.4, 0.5) is 0 Å². The van der Waals surface area contributed by atoms with Crippen molar-refractivity contribution >= 4 is 23.7 Å². The first-order valence-electron chi connectivity index (χ1n) is 12.7. The lowest BCUT2D eigenvalue weighted by Gasteiger charge is -2.36. The Labute approximate surface area is 200 Å². The fraction of sp³-hybridized carbons (Fsp3) is 0.846. The zero-order chi connectivity index (χ0) is 25.3. The second-order valence-corrected chi connectivity index (χ2v) is 8.83. The van der Waals surface area contributed by atoms with Gasteiger partial charge < -0.3 is 14.2 Å². The molecule has 0 aliphatic heterocycles. The fourth-order valence-electron chi connectivity index (χ4n) is 4.41. The van der Waals surface area contributed by atoms with Gasteiger partial charge in [-0.15, -0.1) is 0 Å². The van der Waals surface area contributed by atoms with Gasteiger partial charge in [0.2, 0.25) is 0 Å². The summed E-state index contributed by atoms with van der Waals surface area (Å²) in [4.78, 5) is 49.1. The van der Waals surface area contributed by atoms with Gasteiger partial charge in [0, 0.05) is 13.3 Å². The highest BCUT2D eigenvalue weighted by Crippen LogP contribution is 2.40. The van der Waals surface area contributed by atoms with E-state index in [0.717, 1.165) is 32.1 Å². The first-order valence-corrected chi connectivity index (χ1v) is 12.7. The van der Waals surface area contributed by atoms with E-state index in [2.05, 4.69) is 6.92 Å². The Hall–Kier alpha value is -1.92. The van der Waals surface area contributed by atoms with E-state index in [1.165, 1.54) is 13.8 Å². The van der Waals surface area contributed by atoms with Gasteiger partial charge >= 0.3 is 17.9 Å². The van der Waals surface area contributed by atoms with E-state index >= 15 is 0 Å². The predicted octanol–water partition coefficient (Wildman–Crippen LogP) is 5.57. The second-order valence-electron chi connectivity index (χ2n) is 8.83. The molecule has 0 bridgehead atoms. The van der Waals surface area contributed by atoms with Gasteiger partial charge in [0.25, 0.3) is 0 Å². The van der Waals surface area contributed by atoms with Gasteiger partial charge in [0.05, 0.1) is 13.2 Å². The number of esters is 3. The first kappa shape index (κ1) is 31.1. The number of hydrogen-bond acceptors (Lipinski definition) is 7. The van der Waals surface area contributed by atoms with E-state index in [1.54, 1.807) is 13.8 Å². The van der Waals surface area contributed by atoms with Gasteiger partial charge in [-0.05, 0) is 58.8 Å². The van der Waals surface area contributed by atoms with Crippen LogP contribution in [0.15, 0.2) is 0 Å². The molecule has 0 radical (unpaired) electrons. The average molecular weight is 471 g/mol. The van der Waals surface area contributed by atoms with Crippen molar-refractivity contribution in [1.82, 2.24) is 0 Å². The average Bonchev–Trinajstić information content (AvgIpc) is 2.73. The Kier molecular flexibility index (Phi) is 16.5. The Balaban J connectivity index is 5.31. The molecule has 0 N–H and O–H groups in total. The summed E-state index contributed by atoms with van der Waals surface area (Å²) in [6, 6.07) is 0. The van der Waals surface area contributed by atoms with Crippen molar-refractivity contribution < 1.29 is 33.4 Å². The molecule has 3 unspecified atom stereocenters. The minimum atomic E-state index is -1.26. The fourth-order valence-corrected chi connectivity index (χ4v) is 4.41. The van der Waals surface area contributed by atoms with Gasteiger partial charge in [-0.2, -0.15) is 0 Å². The van der Waals surface area contributed by atoms with Crippen LogP contribution in [0.3, 0.4) is 0 Å². The summed E-state index contributed by atoms with van der Waals surface area (Å²) < 4.78 is 15.8. The number of ketones is 1. The Morgan fingerprint density at radius 1 is 0.818 bits per heavy atom. The lowest BCUT2D eigenvalue weighted by atomic mass is 9.67. The molecule has 0 spiro atoms. The van der Waals surface area contributed by atoms with Crippen LogP contribution in [0.5, 0.6) is 0 Å². The van der Waals surface area contributed by atoms with Crippen molar-refractivity contribution in [2.24, 2.45) is 11.3 Å². The summed E-state index contributed by atoms with van der Waals surface area (Å²) in [6.07, 6.45) is 7.58. The molecule has 0 aliphatic rings. The zero-order valence-corrected chi connectivity index (χ0v) is 21.7. The highest BCUT2D eigenvalue weighted by molar-refractivity contribution is 6.03. The van der Waals surface area contributed by atoms with Crippen LogP contribution in [0, 0.1) is 11.3 Å². The molecule has 0 aromatic carbocycles. The summed E-state index contributed by atoms with van der Waals surface area (Å²) in [7, 11) is 0. The van der Waals surface area contributed by atoms with Gasteiger partial charge in [0.15, 0.2) is 0 Å². The molecule has 0 fully saturated rings. The number of rotatable bonds is 19. The van der Waals surface area contributed by atoms with Crippen molar-refractivity contribution in [3.8, 4) is 0 Å². The third-order valence-electron chi connectivity index (χ3n) is 6.20. The van der Waals surface area contributed by atoms with Crippen molar-refractivity contribution in [2.75, 3.05) is 13.2 Å². The van der Waals surface area contributed by atoms with Crippen LogP contribution < -0.4 is 0 Å². The van der Waals surface area contributed by atoms with Crippen LogP contribution in [0.2, 0.25) is 0 Å². The maximum atomic E-state index is 13.1. The number of hydrogen-bond donors (Lipinski definition) is 0. The normalized spacial score (nSPS) is 14.6. The third-order valence-corrected chi connectivity index (χ3v) is 6.20. The van der Waals surface area contributed by atoms with Gasteiger partial charge in [-0.25, -0.2) is 0 Å². The van der Waals surface area contributed by atoms with E-state index in [-0.39, 0.29) is 36.4 Å². The number of carbonyl (C=O) groups is 4. The molecule has 3 atom stereocenters. The standard InChI is InChI=1S/C26H46O7/c1-7-10-13-16-23(33-22(6)28)19-20(4)26(21(5)27,25(30)32-9-3)18-15-12-11-14-17-24(29)31-8-2/h20,23H,7-19H2,1-6H3. The van der Waals surface area contributed by atoms with Crippen LogP contribution in [-0.2, 0) is 33.4 Å². The summed E-state index contributed by atoms with van der Waals surface area (Å²) in [5.41, 5.74) is -1.26. The van der Waals surface area contributed by atoms with E-state index in [9.17, 15) is 19.2 Å². The number of Topliss-reactive ketones (excluding diaryl/α,β-unsaturated/α-hetero) is 1. The maximum absolute atomic E-state index is 13.1. The topological polar surface area (TPSA) is 96.0 Å². The quantitative estimate of drug-likeness (QED) is 0.105. The minimum absolute atomic E-state index is 0.198. The predicted molar refractivity (Wildman–Crippen MR) is 128 cm³/mol. The summed E-state index contributed by atoms with van der Waals surface area (Å²) in [5, 5.41) is 0. The van der Waals surface area contributed by atoms with E-state index < -0.39 is 11.4 Å². The van der Waals surface area contributed by atoms with Crippen molar-refractivity contribution in [2.45, 2.75) is 118 Å². The molecular formula is C26H46O7. The van der Waals surface area contributed by atoms with Gasteiger partial charge in [-0.3, -0.25) is 19.2 Å². The molecule has 7 nitrogen and oxygen atoms in total. The zero-order valence-electron chi connectivity index (χ0n) is 21.7. The van der Waals surface area contributed by atoms with E-state index in [1.807, 2.05) is 6.92 Å². The van der Waals surface area contributed by atoms with Crippen LogP contribution in [0.25, 0.3) is 0 Å². The molecule has 0 saturated carbocycles. The molecule has 0 heterocycles. The van der Waals surface area contributed by atoms with Gasteiger partial charge in [0.1, 0.15) is 17.3 Å². The molecule has 33 heavy (non-hydrogen) atoms. The van der Waals surface area contributed by atoms with Crippen molar-refractivity contribution in [1.29, 1.82) is 0 Å². The molecule has 192 valence electrons. The van der Waals surface area contributed by atoms with Crippen molar-refractivity contribution in [3.63, 3.8) is 0 Å². The van der Waals surface area contributed by atoms with Crippen LogP contribution >= 0.6 is 0 Å². The van der Waals surface area contributed by atoms with Crippen LogP contribution in [0.1, 0.15) is 112 Å². The second kappa shape index (κ2) is 17.5. The Bertz CT molecular complexity index is 601. The van der Waals surface area contributed by atoms with Crippen molar-refractivity contribution in [3.05, 3.63) is 0 Å². The smallest absolute Gasteiger partial charge is 0.319 e. The third kappa shape index (κ3) is 11.7. The first-order chi connectivity index (χ1) is 15.6. The monoisotopic (exact) mass is 470 g/mol. The lowest BCUT2D eigenvalue weighted by Crippen LogP contribution is -2.46. The number of carbonyl (C=O) groups excluding carboxylic acids is 4. The number of ether oxygens (including phenoxy) is 3. The highest BCUT2D eigenvalue weighted by atomic mass is 16.5. The SMILES string of the molecule is CCCCCC(CC(C)C(CCCCCCC(=O)OCC)(C(C)=O)C(=O)OCC)OC(C)=O. The lowest BCUT2D eigenvalue weighted by molar-refractivity contribution is -0.165. The summed E-state index contributed by atoms with van der Waals surface area (Å²) in [5.74, 6) is -1.59. The maximum Gasteiger partial charge on any atom is 0.319 e. The largest absolute Gasteiger partial charge is 0.466 e. The summed E-state index contributed by atoms with van der Waals surface area (Å²) >= 11 is 0. The molecule has 0 aliphatic carbocycles. The highest BCUT2D eigenvalue weighted by Gasteiger charge is 2.49. The molecule has 0 aromatic rings. The van der Waals surface area contributed by atoms with Gasteiger partial charge in [-0.1, -0.05) is 46.0 Å². The Morgan fingerprint density at radius 3 is 2.00 bits per heavy atom. The Morgan fingerprint density at radius 2 is 1.45 bits per heavy atom.